The molecule has 4 aromatic rings. The average molecular weight is 588 g/mol. The van der Waals surface area contributed by atoms with E-state index >= 15 is 0 Å². The molecule has 9 heteroatoms. The van der Waals surface area contributed by atoms with Crippen molar-refractivity contribution in [3.8, 4) is 0 Å². The molecular weight excluding hydrogens is 553 g/mol. The molecule has 2 amide bonds. The number of hydrogen-bond donors (Lipinski definition) is 1. The fourth-order valence-corrected chi connectivity index (χ4v) is 5.98. The molecule has 0 bridgehead atoms. The topological polar surface area (TPSA) is 86.8 Å². The maximum Gasteiger partial charge on any atom is 0.264 e. The van der Waals surface area contributed by atoms with E-state index in [1.54, 1.807) is 60.7 Å². The first-order valence-corrected chi connectivity index (χ1v) is 15.2. The van der Waals surface area contributed by atoms with Crippen molar-refractivity contribution in [2.75, 3.05) is 17.4 Å². The maximum absolute atomic E-state index is 14.3. The zero-order valence-electron chi connectivity index (χ0n) is 23.4. The van der Waals surface area contributed by atoms with E-state index < -0.39 is 34.3 Å². The average Bonchev–Trinajstić information content (AvgIpc) is 3.02. The smallest absolute Gasteiger partial charge is 0.264 e. The number of rotatable bonds is 13. The Hall–Kier alpha value is -4.50. The minimum absolute atomic E-state index is 0.0236. The zero-order chi connectivity index (χ0) is 30.0. The molecule has 0 saturated carbocycles. The highest BCUT2D eigenvalue weighted by molar-refractivity contribution is 7.92. The second-order valence-electron chi connectivity index (χ2n) is 9.80. The number of amides is 2. The van der Waals surface area contributed by atoms with E-state index in [0.29, 0.717) is 24.2 Å². The van der Waals surface area contributed by atoms with Crippen LogP contribution in [0.1, 0.15) is 24.5 Å². The molecule has 0 fully saturated rings. The summed E-state index contributed by atoms with van der Waals surface area (Å²) in [6.45, 7) is 1.78. The van der Waals surface area contributed by atoms with Gasteiger partial charge in [0, 0.05) is 19.5 Å². The predicted octanol–water partition coefficient (Wildman–Crippen LogP) is 5.19. The van der Waals surface area contributed by atoms with Crippen LogP contribution >= 0.6 is 0 Å². The summed E-state index contributed by atoms with van der Waals surface area (Å²) in [7, 11) is -4.14. The molecule has 0 saturated heterocycles. The van der Waals surface area contributed by atoms with E-state index in [0.717, 1.165) is 9.87 Å². The normalized spacial score (nSPS) is 11.9. The van der Waals surface area contributed by atoms with Crippen LogP contribution in [-0.2, 0) is 32.6 Å². The van der Waals surface area contributed by atoms with Crippen molar-refractivity contribution < 1.29 is 22.4 Å². The van der Waals surface area contributed by atoms with Gasteiger partial charge in [0.15, 0.2) is 0 Å². The Labute approximate surface area is 246 Å². The number of benzene rings is 4. The Bertz CT molecular complexity index is 1550. The van der Waals surface area contributed by atoms with Crippen LogP contribution in [0.3, 0.4) is 0 Å². The third-order valence-electron chi connectivity index (χ3n) is 6.74. The molecule has 0 spiro atoms. The van der Waals surface area contributed by atoms with Crippen molar-refractivity contribution >= 4 is 27.5 Å². The van der Waals surface area contributed by atoms with Gasteiger partial charge in [0.1, 0.15) is 18.4 Å². The molecule has 0 heterocycles. The summed E-state index contributed by atoms with van der Waals surface area (Å²) in [4.78, 5) is 29.3. The molecule has 0 aromatic heterocycles. The lowest BCUT2D eigenvalue weighted by atomic mass is 10.0. The van der Waals surface area contributed by atoms with Crippen molar-refractivity contribution in [1.82, 2.24) is 10.2 Å². The molecule has 4 aromatic carbocycles. The van der Waals surface area contributed by atoms with Crippen LogP contribution in [0.5, 0.6) is 0 Å². The van der Waals surface area contributed by atoms with Crippen LogP contribution in [0, 0.1) is 5.82 Å². The Balaban J connectivity index is 1.76. The molecule has 218 valence electrons. The lowest BCUT2D eigenvalue weighted by molar-refractivity contribution is -0.140. The summed E-state index contributed by atoms with van der Waals surface area (Å²) in [6, 6.07) is 30.3. The van der Waals surface area contributed by atoms with Gasteiger partial charge in [-0.3, -0.25) is 13.9 Å². The van der Waals surface area contributed by atoms with Gasteiger partial charge >= 0.3 is 0 Å². The Morgan fingerprint density at radius 3 is 1.95 bits per heavy atom. The van der Waals surface area contributed by atoms with E-state index in [2.05, 4.69) is 5.32 Å². The monoisotopic (exact) mass is 587 g/mol. The second-order valence-corrected chi connectivity index (χ2v) is 11.7. The minimum Gasteiger partial charge on any atom is -0.354 e. The zero-order valence-corrected chi connectivity index (χ0v) is 24.2. The highest BCUT2D eigenvalue weighted by atomic mass is 32.2. The number of para-hydroxylation sites is 1. The number of carbonyl (C=O) groups is 2. The number of nitrogens with zero attached hydrogens (tertiary/aromatic N) is 2. The number of hydrogen-bond acceptors (Lipinski definition) is 4. The van der Waals surface area contributed by atoms with Crippen molar-refractivity contribution in [3.05, 3.63) is 132 Å². The van der Waals surface area contributed by atoms with Crippen molar-refractivity contribution in [2.45, 2.75) is 37.2 Å². The van der Waals surface area contributed by atoms with Gasteiger partial charge in [-0.15, -0.1) is 0 Å². The molecule has 4 rings (SSSR count). The molecule has 0 radical (unpaired) electrons. The van der Waals surface area contributed by atoms with Gasteiger partial charge in [-0.1, -0.05) is 85.8 Å². The fraction of sp³-hybridized carbons (Fsp3) is 0.212. The number of sulfonamides is 1. The van der Waals surface area contributed by atoms with Crippen LogP contribution in [0.25, 0.3) is 0 Å². The first kappa shape index (κ1) is 30.5. The summed E-state index contributed by atoms with van der Waals surface area (Å²) >= 11 is 0. The number of halogens is 1. The van der Waals surface area contributed by atoms with E-state index in [1.165, 1.54) is 29.2 Å². The summed E-state index contributed by atoms with van der Waals surface area (Å²) < 4.78 is 42.5. The van der Waals surface area contributed by atoms with Crippen molar-refractivity contribution in [2.24, 2.45) is 0 Å². The maximum atomic E-state index is 14.3. The third kappa shape index (κ3) is 7.82. The molecule has 0 aliphatic carbocycles. The predicted molar refractivity (Wildman–Crippen MR) is 162 cm³/mol. The van der Waals surface area contributed by atoms with Gasteiger partial charge in [-0.2, -0.15) is 0 Å². The SMILES string of the molecule is CCCNC(=O)[C@H](Cc1ccccc1)N(Cc1ccc(F)cc1)C(=O)CN(c1ccccc1)S(=O)(=O)c1ccccc1. The van der Waals surface area contributed by atoms with Crippen molar-refractivity contribution in [1.29, 1.82) is 0 Å². The van der Waals surface area contributed by atoms with Gasteiger partial charge in [0.25, 0.3) is 10.0 Å². The van der Waals surface area contributed by atoms with Gasteiger partial charge in [0.05, 0.1) is 10.6 Å². The quantitative estimate of drug-likeness (QED) is 0.233. The summed E-state index contributed by atoms with van der Waals surface area (Å²) in [5.74, 6) is -1.36. The Morgan fingerprint density at radius 1 is 0.786 bits per heavy atom. The Morgan fingerprint density at radius 2 is 1.36 bits per heavy atom. The lowest BCUT2D eigenvalue weighted by Crippen LogP contribution is -2.53. The van der Waals surface area contributed by atoms with Gasteiger partial charge in [-0.05, 0) is 53.9 Å². The van der Waals surface area contributed by atoms with E-state index in [-0.39, 0.29) is 23.8 Å². The highest BCUT2D eigenvalue weighted by Crippen LogP contribution is 2.25. The standard InChI is InChI=1S/C33H34FN3O4S/c1-2-22-35-33(39)31(23-26-12-6-3-7-13-26)36(24-27-18-20-28(34)21-19-27)32(38)25-37(29-14-8-4-9-15-29)42(40,41)30-16-10-5-11-17-30/h3-21,31H,2,22-25H2,1H3,(H,35,39)/t31-/m0/s1. The van der Waals surface area contributed by atoms with Gasteiger partial charge in [0.2, 0.25) is 11.8 Å². The molecule has 42 heavy (non-hydrogen) atoms. The van der Waals surface area contributed by atoms with Crippen molar-refractivity contribution in [3.63, 3.8) is 0 Å². The summed E-state index contributed by atoms with van der Waals surface area (Å²) in [6.07, 6.45) is 0.910. The number of carbonyl (C=O) groups excluding carboxylic acids is 2. The number of nitrogens with one attached hydrogen (secondary N) is 1. The molecule has 1 atom stereocenters. The Kier molecular flexibility index (Phi) is 10.4. The first-order valence-electron chi connectivity index (χ1n) is 13.8. The minimum atomic E-state index is -4.14. The fourth-order valence-electron chi connectivity index (χ4n) is 4.55. The molecule has 0 aliphatic heterocycles. The largest absolute Gasteiger partial charge is 0.354 e. The van der Waals surface area contributed by atoms with Crippen LogP contribution in [0.2, 0.25) is 0 Å². The van der Waals surface area contributed by atoms with E-state index in [1.807, 2.05) is 37.3 Å². The van der Waals surface area contributed by atoms with Crippen LogP contribution < -0.4 is 9.62 Å². The lowest BCUT2D eigenvalue weighted by Gasteiger charge is -2.34. The van der Waals surface area contributed by atoms with Gasteiger partial charge < -0.3 is 10.2 Å². The van der Waals surface area contributed by atoms with E-state index in [4.69, 9.17) is 0 Å². The molecule has 0 aliphatic rings. The van der Waals surface area contributed by atoms with Crippen LogP contribution in [0.15, 0.2) is 120 Å². The second kappa shape index (κ2) is 14.4. The first-order chi connectivity index (χ1) is 20.3. The van der Waals surface area contributed by atoms with Gasteiger partial charge in [-0.25, -0.2) is 12.8 Å². The molecule has 0 unspecified atom stereocenters. The highest BCUT2D eigenvalue weighted by Gasteiger charge is 2.34. The third-order valence-corrected chi connectivity index (χ3v) is 8.53. The molecule has 7 nitrogen and oxygen atoms in total. The summed E-state index contributed by atoms with van der Waals surface area (Å²) in [5, 5.41) is 2.90. The summed E-state index contributed by atoms with van der Waals surface area (Å²) in [5.41, 5.74) is 1.75. The molecular formula is C33H34FN3O4S. The number of anilines is 1. The van der Waals surface area contributed by atoms with Crippen LogP contribution in [-0.4, -0.2) is 44.3 Å². The van der Waals surface area contributed by atoms with E-state index in [9.17, 15) is 22.4 Å². The van der Waals surface area contributed by atoms with Crippen LogP contribution in [0.4, 0.5) is 10.1 Å². The molecule has 1 N–H and O–H groups in total.